The van der Waals surface area contributed by atoms with E-state index in [9.17, 15) is 4.79 Å². The van der Waals surface area contributed by atoms with Gasteiger partial charge in [-0.2, -0.15) is 0 Å². The van der Waals surface area contributed by atoms with Crippen molar-refractivity contribution in [1.29, 1.82) is 0 Å². The Morgan fingerprint density at radius 2 is 1.91 bits per heavy atom. The zero-order valence-corrected chi connectivity index (χ0v) is 15.4. The van der Waals surface area contributed by atoms with Gasteiger partial charge >= 0.3 is 0 Å². The van der Waals surface area contributed by atoms with Gasteiger partial charge in [0.25, 0.3) is 5.91 Å². The summed E-state index contributed by atoms with van der Waals surface area (Å²) in [6.45, 7) is 3.69. The second kappa shape index (κ2) is 7.70. The number of anilines is 1. The Bertz CT molecular complexity index is 734. The van der Waals surface area contributed by atoms with Crippen LogP contribution < -0.4 is 14.8 Å². The number of methoxy groups -OCH3 is 1. The van der Waals surface area contributed by atoms with Crippen molar-refractivity contribution < 1.29 is 14.3 Å². The third-order valence-electron chi connectivity index (χ3n) is 3.25. The van der Waals surface area contributed by atoms with Crippen LogP contribution in [0.1, 0.15) is 11.1 Å². The standard InChI is InChI=1S/C17H17BrClNO3/c1-10-7-14(16(22-3)8-13(10)19)20-17(21)9-23-15-5-4-12(18)6-11(15)2/h4-8H,9H2,1-3H3,(H,20,21). The van der Waals surface area contributed by atoms with E-state index in [-0.39, 0.29) is 12.5 Å². The average molecular weight is 399 g/mol. The number of amides is 1. The number of hydrogen-bond acceptors (Lipinski definition) is 3. The molecular weight excluding hydrogens is 382 g/mol. The van der Waals surface area contributed by atoms with Crippen molar-refractivity contribution in [2.45, 2.75) is 13.8 Å². The molecule has 122 valence electrons. The molecular formula is C17H17BrClNO3. The van der Waals surface area contributed by atoms with Crippen LogP contribution in [-0.4, -0.2) is 19.6 Å². The van der Waals surface area contributed by atoms with Crippen molar-refractivity contribution in [2.75, 3.05) is 19.0 Å². The first kappa shape index (κ1) is 17.6. The fourth-order valence-corrected chi connectivity index (χ4v) is 2.66. The summed E-state index contributed by atoms with van der Waals surface area (Å²) in [4.78, 5) is 12.1. The highest BCUT2D eigenvalue weighted by Crippen LogP contribution is 2.31. The second-order valence-electron chi connectivity index (χ2n) is 5.05. The van der Waals surface area contributed by atoms with Gasteiger partial charge in [-0.3, -0.25) is 4.79 Å². The van der Waals surface area contributed by atoms with E-state index in [1.165, 1.54) is 7.11 Å². The number of nitrogens with one attached hydrogen (secondary N) is 1. The average Bonchev–Trinajstić information content (AvgIpc) is 2.49. The summed E-state index contributed by atoms with van der Waals surface area (Å²) in [6.07, 6.45) is 0. The van der Waals surface area contributed by atoms with E-state index in [1.807, 2.05) is 32.0 Å². The van der Waals surface area contributed by atoms with Crippen LogP contribution in [0.15, 0.2) is 34.8 Å². The summed E-state index contributed by atoms with van der Waals surface area (Å²) in [6, 6.07) is 9.06. The number of benzene rings is 2. The zero-order chi connectivity index (χ0) is 17.0. The van der Waals surface area contributed by atoms with E-state index in [2.05, 4.69) is 21.2 Å². The van der Waals surface area contributed by atoms with Gasteiger partial charge < -0.3 is 14.8 Å². The third kappa shape index (κ3) is 4.62. The molecule has 0 aliphatic heterocycles. The maximum absolute atomic E-state index is 12.1. The van der Waals surface area contributed by atoms with Crippen molar-refractivity contribution in [3.63, 3.8) is 0 Å². The first-order valence-electron chi connectivity index (χ1n) is 6.93. The Labute approximate surface area is 148 Å². The maximum atomic E-state index is 12.1. The molecule has 0 radical (unpaired) electrons. The van der Waals surface area contributed by atoms with Gasteiger partial charge in [-0.25, -0.2) is 0 Å². The van der Waals surface area contributed by atoms with Crippen molar-refractivity contribution in [3.05, 3.63) is 51.0 Å². The minimum atomic E-state index is -0.271. The summed E-state index contributed by atoms with van der Waals surface area (Å²) < 4.78 is 11.8. The van der Waals surface area contributed by atoms with E-state index in [0.29, 0.717) is 22.2 Å². The molecule has 2 rings (SSSR count). The van der Waals surface area contributed by atoms with E-state index in [4.69, 9.17) is 21.1 Å². The van der Waals surface area contributed by atoms with Crippen LogP contribution in [0.25, 0.3) is 0 Å². The molecule has 0 atom stereocenters. The Hall–Kier alpha value is -1.72. The molecule has 2 aromatic carbocycles. The number of carbonyl (C=O) groups excluding carboxylic acids is 1. The maximum Gasteiger partial charge on any atom is 0.262 e. The molecule has 0 saturated heterocycles. The minimum absolute atomic E-state index is 0.0900. The Kier molecular flexibility index (Phi) is 5.91. The largest absolute Gasteiger partial charge is 0.495 e. The third-order valence-corrected chi connectivity index (χ3v) is 4.15. The van der Waals surface area contributed by atoms with Gasteiger partial charge in [0.1, 0.15) is 11.5 Å². The monoisotopic (exact) mass is 397 g/mol. The normalized spacial score (nSPS) is 10.3. The van der Waals surface area contributed by atoms with Gasteiger partial charge in [-0.05, 0) is 49.2 Å². The van der Waals surface area contributed by atoms with Gasteiger partial charge in [0.2, 0.25) is 0 Å². The molecule has 0 spiro atoms. The second-order valence-corrected chi connectivity index (χ2v) is 6.37. The van der Waals surface area contributed by atoms with E-state index < -0.39 is 0 Å². The molecule has 1 N–H and O–H groups in total. The van der Waals surface area contributed by atoms with E-state index in [1.54, 1.807) is 12.1 Å². The number of rotatable bonds is 5. The number of carbonyl (C=O) groups is 1. The van der Waals surface area contributed by atoms with Crippen molar-refractivity contribution in [1.82, 2.24) is 0 Å². The van der Waals surface area contributed by atoms with Crippen LogP contribution in [0.5, 0.6) is 11.5 Å². The van der Waals surface area contributed by atoms with Crippen molar-refractivity contribution in [2.24, 2.45) is 0 Å². The van der Waals surface area contributed by atoms with Crippen LogP contribution in [0.3, 0.4) is 0 Å². The van der Waals surface area contributed by atoms with Gasteiger partial charge in [-0.15, -0.1) is 0 Å². The lowest BCUT2D eigenvalue weighted by molar-refractivity contribution is -0.118. The minimum Gasteiger partial charge on any atom is -0.495 e. The van der Waals surface area contributed by atoms with E-state index >= 15 is 0 Å². The predicted molar refractivity (Wildman–Crippen MR) is 95.7 cm³/mol. The fraction of sp³-hybridized carbons (Fsp3) is 0.235. The molecule has 6 heteroatoms. The number of ether oxygens (including phenoxy) is 2. The quantitative estimate of drug-likeness (QED) is 0.791. The highest BCUT2D eigenvalue weighted by molar-refractivity contribution is 9.10. The van der Waals surface area contributed by atoms with Crippen molar-refractivity contribution >= 4 is 39.1 Å². The summed E-state index contributed by atoms with van der Waals surface area (Å²) in [5.74, 6) is 0.906. The first-order chi connectivity index (χ1) is 10.9. The van der Waals surface area contributed by atoms with Gasteiger partial charge in [0, 0.05) is 15.6 Å². The number of halogens is 2. The molecule has 0 unspecified atom stereocenters. The van der Waals surface area contributed by atoms with Crippen molar-refractivity contribution in [3.8, 4) is 11.5 Å². The molecule has 1 amide bonds. The van der Waals surface area contributed by atoms with E-state index in [0.717, 1.165) is 15.6 Å². The molecule has 4 nitrogen and oxygen atoms in total. The Morgan fingerprint density at radius 3 is 2.57 bits per heavy atom. The van der Waals surface area contributed by atoms with Crippen LogP contribution in [-0.2, 0) is 4.79 Å². The fourth-order valence-electron chi connectivity index (χ4n) is 2.03. The Balaban J connectivity index is 2.04. The summed E-state index contributed by atoms with van der Waals surface area (Å²) in [5, 5.41) is 3.36. The number of hydrogen-bond donors (Lipinski definition) is 1. The SMILES string of the molecule is COc1cc(Cl)c(C)cc1NC(=O)COc1ccc(Br)cc1C. The molecule has 2 aromatic rings. The van der Waals surface area contributed by atoms with Gasteiger partial charge in [0.15, 0.2) is 6.61 Å². The first-order valence-corrected chi connectivity index (χ1v) is 8.10. The predicted octanol–water partition coefficient (Wildman–Crippen LogP) is 4.75. The smallest absolute Gasteiger partial charge is 0.262 e. The van der Waals surface area contributed by atoms with Gasteiger partial charge in [0.05, 0.1) is 12.8 Å². The lowest BCUT2D eigenvalue weighted by Crippen LogP contribution is -2.20. The lowest BCUT2D eigenvalue weighted by atomic mass is 10.2. The number of aryl methyl sites for hydroxylation is 2. The summed E-state index contributed by atoms with van der Waals surface area (Å²) >= 11 is 9.44. The zero-order valence-electron chi connectivity index (χ0n) is 13.1. The molecule has 0 fully saturated rings. The lowest BCUT2D eigenvalue weighted by Gasteiger charge is -2.13. The Morgan fingerprint density at radius 1 is 1.17 bits per heavy atom. The van der Waals surface area contributed by atoms with Crippen LogP contribution >= 0.6 is 27.5 Å². The highest BCUT2D eigenvalue weighted by Gasteiger charge is 2.11. The van der Waals surface area contributed by atoms with Gasteiger partial charge in [-0.1, -0.05) is 27.5 Å². The van der Waals surface area contributed by atoms with Crippen LogP contribution in [0.2, 0.25) is 5.02 Å². The molecule has 0 aliphatic rings. The molecule has 0 aliphatic carbocycles. The molecule has 0 bridgehead atoms. The molecule has 0 aromatic heterocycles. The highest BCUT2D eigenvalue weighted by atomic mass is 79.9. The molecule has 0 heterocycles. The summed E-state index contributed by atoms with van der Waals surface area (Å²) in [5.41, 5.74) is 2.37. The molecule has 0 saturated carbocycles. The van der Waals surface area contributed by atoms with Crippen LogP contribution in [0.4, 0.5) is 5.69 Å². The molecule has 23 heavy (non-hydrogen) atoms. The summed E-state index contributed by atoms with van der Waals surface area (Å²) in [7, 11) is 1.53. The van der Waals surface area contributed by atoms with Crippen LogP contribution in [0, 0.1) is 13.8 Å². The topological polar surface area (TPSA) is 47.6 Å².